The van der Waals surface area contributed by atoms with Crippen molar-refractivity contribution in [2.45, 2.75) is 0 Å². The molecule has 1 heterocycles. The van der Waals surface area contributed by atoms with Crippen LogP contribution < -0.4 is 15.2 Å². The normalized spacial score (nSPS) is 10.4. The van der Waals surface area contributed by atoms with Gasteiger partial charge in [0.15, 0.2) is 0 Å². The first-order chi connectivity index (χ1) is 9.76. The van der Waals surface area contributed by atoms with Crippen LogP contribution >= 0.6 is 0 Å². The number of hydrogen-bond donors (Lipinski definition) is 1. The number of ether oxygens (including phenoxy) is 2. The van der Waals surface area contributed by atoms with Crippen LogP contribution in [-0.2, 0) is 0 Å². The molecule has 0 atom stereocenters. The van der Waals surface area contributed by atoms with Crippen molar-refractivity contribution in [2.24, 2.45) is 0 Å². The first kappa shape index (κ1) is 12.3. The van der Waals surface area contributed by atoms with Crippen molar-refractivity contribution in [3.05, 3.63) is 54.7 Å². The minimum absolute atomic E-state index is 0.552. The van der Waals surface area contributed by atoms with Crippen molar-refractivity contribution >= 4 is 16.5 Å². The molecule has 3 rings (SSSR count). The Hall–Kier alpha value is -2.75. The number of hydrogen-bond acceptors (Lipinski definition) is 4. The van der Waals surface area contributed by atoms with E-state index in [4.69, 9.17) is 15.2 Å². The Morgan fingerprint density at radius 1 is 1.00 bits per heavy atom. The monoisotopic (exact) mass is 266 g/mol. The summed E-state index contributed by atoms with van der Waals surface area (Å²) in [6.07, 6.45) is 1.71. The van der Waals surface area contributed by atoms with Crippen LogP contribution in [0.2, 0.25) is 0 Å². The highest BCUT2D eigenvalue weighted by Gasteiger charge is 2.06. The van der Waals surface area contributed by atoms with Crippen molar-refractivity contribution < 1.29 is 9.47 Å². The van der Waals surface area contributed by atoms with Crippen LogP contribution in [0.3, 0.4) is 0 Å². The SMILES string of the molecule is COc1ccc2c(Oc3cccc(N)c3)nccc2c1. The van der Waals surface area contributed by atoms with Crippen molar-refractivity contribution in [1.82, 2.24) is 4.98 Å². The molecular formula is C16H14N2O2. The zero-order chi connectivity index (χ0) is 13.9. The molecule has 20 heavy (non-hydrogen) atoms. The minimum atomic E-state index is 0.552. The lowest BCUT2D eigenvalue weighted by atomic mass is 10.1. The van der Waals surface area contributed by atoms with Crippen LogP contribution in [0.25, 0.3) is 10.8 Å². The van der Waals surface area contributed by atoms with Crippen LogP contribution in [0.4, 0.5) is 5.69 Å². The van der Waals surface area contributed by atoms with Gasteiger partial charge in [-0.2, -0.15) is 0 Å². The molecule has 4 heteroatoms. The average Bonchev–Trinajstić information content (AvgIpc) is 2.47. The molecule has 1 aromatic heterocycles. The molecule has 0 unspecified atom stereocenters. The quantitative estimate of drug-likeness (QED) is 0.736. The van der Waals surface area contributed by atoms with Gasteiger partial charge in [0.1, 0.15) is 11.5 Å². The molecule has 0 aliphatic heterocycles. The Labute approximate surface area is 116 Å². The number of fused-ring (bicyclic) bond motifs is 1. The lowest BCUT2D eigenvalue weighted by molar-refractivity contribution is 0.415. The van der Waals surface area contributed by atoms with Gasteiger partial charge in [-0.15, -0.1) is 0 Å². The summed E-state index contributed by atoms with van der Waals surface area (Å²) in [5.74, 6) is 2.02. The van der Waals surface area contributed by atoms with E-state index in [2.05, 4.69) is 4.98 Å². The Bertz CT molecular complexity index is 756. The molecule has 0 bridgehead atoms. The zero-order valence-electron chi connectivity index (χ0n) is 11.0. The van der Waals surface area contributed by atoms with E-state index >= 15 is 0 Å². The second-order valence-electron chi connectivity index (χ2n) is 4.38. The average molecular weight is 266 g/mol. The summed E-state index contributed by atoms with van der Waals surface area (Å²) in [6, 6.07) is 15.0. The van der Waals surface area contributed by atoms with E-state index in [1.54, 1.807) is 19.4 Å². The lowest BCUT2D eigenvalue weighted by Gasteiger charge is -2.09. The third-order valence-electron chi connectivity index (χ3n) is 3.01. The molecule has 2 aromatic carbocycles. The maximum atomic E-state index is 5.81. The van der Waals surface area contributed by atoms with Crippen LogP contribution in [0.5, 0.6) is 17.4 Å². The van der Waals surface area contributed by atoms with Crippen LogP contribution in [-0.4, -0.2) is 12.1 Å². The fraction of sp³-hybridized carbons (Fsp3) is 0.0625. The fourth-order valence-corrected chi connectivity index (χ4v) is 2.03. The highest BCUT2D eigenvalue weighted by molar-refractivity contribution is 5.88. The first-order valence-corrected chi connectivity index (χ1v) is 6.22. The Balaban J connectivity index is 2.03. The molecule has 0 saturated heterocycles. The van der Waals surface area contributed by atoms with Gasteiger partial charge < -0.3 is 15.2 Å². The number of aromatic nitrogens is 1. The maximum absolute atomic E-state index is 5.81. The van der Waals surface area contributed by atoms with E-state index in [9.17, 15) is 0 Å². The van der Waals surface area contributed by atoms with Gasteiger partial charge in [-0.3, -0.25) is 0 Å². The number of rotatable bonds is 3. The van der Waals surface area contributed by atoms with Gasteiger partial charge in [0, 0.05) is 23.3 Å². The molecule has 2 N–H and O–H groups in total. The number of benzene rings is 2. The Morgan fingerprint density at radius 3 is 2.70 bits per heavy atom. The standard InChI is InChI=1S/C16H14N2O2/c1-19-13-5-6-15-11(9-13)7-8-18-16(15)20-14-4-2-3-12(17)10-14/h2-10H,17H2,1H3. The number of nitrogens with zero attached hydrogens (tertiary/aromatic N) is 1. The number of methoxy groups -OCH3 is 1. The largest absolute Gasteiger partial charge is 0.497 e. The third-order valence-corrected chi connectivity index (χ3v) is 3.01. The van der Waals surface area contributed by atoms with Gasteiger partial charge in [0.05, 0.1) is 7.11 Å². The summed E-state index contributed by atoms with van der Waals surface area (Å²) in [7, 11) is 1.65. The molecule has 0 radical (unpaired) electrons. The van der Waals surface area contributed by atoms with Gasteiger partial charge in [0.25, 0.3) is 0 Å². The molecule has 0 saturated carbocycles. The summed E-state index contributed by atoms with van der Waals surface area (Å²) in [4.78, 5) is 4.28. The Morgan fingerprint density at radius 2 is 1.90 bits per heavy atom. The number of nitrogens with two attached hydrogens (primary N) is 1. The predicted molar refractivity (Wildman–Crippen MR) is 79.2 cm³/mol. The van der Waals surface area contributed by atoms with E-state index in [1.807, 2.05) is 42.5 Å². The van der Waals surface area contributed by atoms with E-state index in [0.717, 1.165) is 16.5 Å². The lowest BCUT2D eigenvalue weighted by Crippen LogP contribution is -1.91. The summed E-state index contributed by atoms with van der Waals surface area (Å²) in [5, 5.41) is 1.94. The summed E-state index contributed by atoms with van der Waals surface area (Å²) in [6.45, 7) is 0. The van der Waals surface area contributed by atoms with Gasteiger partial charge in [0.2, 0.25) is 5.88 Å². The third kappa shape index (κ3) is 2.36. The molecular weight excluding hydrogens is 252 g/mol. The van der Waals surface area contributed by atoms with Crippen molar-refractivity contribution in [2.75, 3.05) is 12.8 Å². The van der Waals surface area contributed by atoms with Gasteiger partial charge >= 0.3 is 0 Å². The summed E-state index contributed by atoms with van der Waals surface area (Å²) >= 11 is 0. The number of pyridine rings is 1. The molecule has 0 spiro atoms. The second-order valence-corrected chi connectivity index (χ2v) is 4.38. The summed E-state index contributed by atoms with van der Waals surface area (Å²) in [5.41, 5.74) is 6.40. The highest BCUT2D eigenvalue weighted by Crippen LogP contribution is 2.30. The minimum Gasteiger partial charge on any atom is -0.497 e. The van der Waals surface area contributed by atoms with Crippen LogP contribution in [0, 0.1) is 0 Å². The van der Waals surface area contributed by atoms with E-state index in [-0.39, 0.29) is 0 Å². The maximum Gasteiger partial charge on any atom is 0.227 e. The molecule has 4 nitrogen and oxygen atoms in total. The molecule has 0 aliphatic carbocycles. The predicted octanol–water partition coefficient (Wildman–Crippen LogP) is 3.62. The van der Waals surface area contributed by atoms with Gasteiger partial charge in [-0.25, -0.2) is 4.98 Å². The smallest absolute Gasteiger partial charge is 0.227 e. The first-order valence-electron chi connectivity index (χ1n) is 6.22. The van der Waals surface area contributed by atoms with E-state index < -0.39 is 0 Å². The van der Waals surface area contributed by atoms with Crippen molar-refractivity contribution in [3.8, 4) is 17.4 Å². The number of anilines is 1. The zero-order valence-corrected chi connectivity index (χ0v) is 11.0. The fourth-order valence-electron chi connectivity index (χ4n) is 2.03. The van der Waals surface area contributed by atoms with Crippen LogP contribution in [0.1, 0.15) is 0 Å². The number of nitrogen functional groups attached to an aromatic ring is 1. The highest BCUT2D eigenvalue weighted by atomic mass is 16.5. The molecule has 0 fully saturated rings. The topological polar surface area (TPSA) is 57.4 Å². The van der Waals surface area contributed by atoms with Crippen molar-refractivity contribution in [1.29, 1.82) is 0 Å². The van der Waals surface area contributed by atoms with E-state index in [1.165, 1.54) is 0 Å². The van der Waals surface area contributed by atoms with Gasteiger partial charge in [-0.1, -0.05) is 6.07 Å². The van der Waals surface area contributed by atoms with Gasteiger partial charge in [-0.05, 0) is 41.8 Å². The van der Waals surface area contributed by atoms with Crippen LogP contribution in [0.15, 0.2) is 54.7 Å². The van der Waals surface area contributed by atoms with E-state index in [0.29, 0.717) is 17.3 Å². The molecule has 100 valence electrons. The molecule has 0 aliphatic rings. The molecule has 3 aromatic rings. The molecule has 0 amide bonds. The Kier molecular flexibility index (Phi) is 3.13. The van der Waals surface area contributed by atoms with Crippen molar-refractivity contribution in [3.63, 3.8) is 0 Å². The second kappa shape index (κ2) is 5.09. The summed E-state index contributed by atoms with van der Waals surface area (Å²) < 4.78 is 11.0.